The van der Waals surface area contributed by atoms with E-state index < -0.39 is 102 Å². The Morgan fingerprint density at radius 1 is 1.09 bits per heavy atom. The topological polar surface area (TPSA) is 85.9 Å². The molecule has 0 unspecified atom stereocenters. The molecule has 0 atom stereocenters. The smallest absolute Gasteiger partial charge is 0.273 e. The highest BCUT2D eigenvalue weighted by Gasteiger charge is 2.31. The molecule has 0 fully saturated rings. The molecule has 1 aliphatic rings. The largest absolute Gasteiger partial charge is 0.494 e. The summed E-state index contributed by atoms with van der Waals surface area (Å²) in [6.45, 7) is -7.57. The van der Waals surface area contributed by atoms with E-state index in [0.717, 1.165) is 24.3 Å². The maximum absolute atomic E-state index is 15.0. The second-order valence-electron chi connectivity index (χ2n) is 6.18. The Bertz CT molecular complexity index is 1350. The number of anilines is 1. The molecule has 2 aromatic rings. The third-order valence-electron chi connectivity index (χ3n) is 4.34. The molecule has 1 aliphatic heterocycles. The summed E-state index contributed by atoms with van der Waals surface area (Å²) in [5.41, 5.74) is -2.87. The highest BCUT2D eigenvalue weighted by Crippen LogP contribution is 2.36. The molecule has 32 heavy (non-hydrogen) atoms. The molecule has 2 amide bonds. The summed E-state index contributed by atoms with van der Waals surface area (Å²) in [5, 5.41) is 1.62. The number of nitrogens with one attached hydrogen (secondary N) is 2. The lowest BCUT2D eigenvalue weighted by Crippen LogP contribution is -2.27. The number of halogens is 4. The Hall–Kier alpha value is -3.44. The average molecular weight is 462 g/mol. The Morgan fingerprint density at radius 3 is 2.44 bits per heavy atom. The van der Waals surface area contributed by atoms with Crippen LogP contribution in [0.25, 0.3) is 11.1 Å². The van der Waals surface area contributed by atoms with Crippen molar-refractivity contribution < 1.29 is 52.4 Å². The van der Waals surface area contributed by atoms with Gasteiger partial charge in [0.2, 0.25) is 0 Å². The van der Waals surface area contributed by atoms with Gasteiger partial charge in [-0.3, -0.25) is 14.4 Å². The van der Waals surface area contributed by atoms with Gasteiger partial charge in [0, 0.05) is 4.11 Å². The average Bonchev–Trinajstić information content (AvgIpc) is 3.33. The molecule has 0 saturated carbocycles. The minimum absolute atomic E-state index is 0.478. The maximum atomic E-state index is 15.0. The van der Waals surface area contributed by atoms with Crippen molar-refractivity contribution in [3.63, 3.8) is 0 Å². The first-order chi connectivity index (χ1) is 18.3. The van der Waals surface area contributed by atoms with Gasteiger partial charge in [0.1, 0.15) is 11.4 Å². The summed E-state index contributed by atoms with van der Waals surface area (Å²) in [6, 6.07) is 3.82. The van der Waals surface area contributed by atoms with E-state index in [9.17, 15) is 27.2 Å². The fraction of sp³-hybridized carbons (Fsp3) is 0.238. The minimum Gasteiger partial charge on any atom is -0.494 e. The van der Waals surface area contributed by atoms with Crippen LogP contribution >= 0.6 is 0 Å². The fourth-order valence-electron chi connectivity index (χ4n) is 2.90. The van der Waals surface area contributed by atoms with Crippen LogP contribution in [0.5, 0.6) is 5.75 Å². The predicted octanol–water partition coefficient (Wildman–Crippen LogP) is 3.25. The van der Waals surface area contributed by atoms with Crippen LogP contribution < -0.4 is 15.5 Å². The minimum atomic E-state index is -3.25. The van der Waals surface area contributed by atoms with Crippen LogP contribution in [0.4, 0.5) is 23.2 Å². The molecule has 11 heteroatoms. The number of amides is 2. The first kappa shape index (κ1) is 14.6. The highest BCUT2D eigenvalue weighted by molar-refractivity contribution is 6.10. The van der Waals surface area contributed by atoms with Gasteiger partial charge < -0.3 is 14.8 Å². The summed E-state index contributed by atoms with van der Waals surface area (Å²) in [5.74, 6) is -11.2. The van der Waals surface area contributed by atoms with E-state index in [0.29, 0.717) is 0 Å². The van der Waals surface area contributed by atoms with Crippen LogP contribution in [0.1, 0.15) is 17.8 Å². The van der Waals surface area contributed by atoms with Gasteiger partial charge in [0.25, 0.3) is 11.8 Å². The Labute approximate surface area is 191 Å². The number of carbonyl (C=O) groups is 2. The fourth-order valence-corrected chi connectivity index (χ4v) is 2.90. The van der Waals surface area contributed by atoms with Crippen LogP contribution in [0.15, 0.2) is 35.4 Å². The van der Waals surface area contributed by atoms with Gasteiger partial charge in [0.05, 0.1) is 50.4 Å². The Balaban J connectivity index is 1.94. The van der Waals surface area contributed by atoms with Crippen molar-refractivity contribution in [3.05, 3.63) is 58.7 Å². The van der Waals surface area contributed by atoms with E-state index in [-0.39, 0.29) is 0 Å². The zero-order chi connectivity index (χ0) is 30.2. The molecule has 3 rings (SSSR count). The second kappa shape index (κ2) is 9.79. The molecule has 0 bridgehead atoms. The molecule has 7 nitrogen and oxygen atoms in total. The van der Waals surface area contributed by atoms with Gasteiger partial charge in [-0.2, -0.15) is 0 Å². The summed E-state index contributed by atoms with van der Waals surface area (Å²) >= 11 is 0. The highest BCUT2D eigenvalue weighted by atomic mass is 19.2. The van der Waals surface area contributed by atoms with Crippen molar-refractivity contribution in [2.45, 2.75) is 6.85 Å². The second-order valence-corrected chi connectivity index (χ2v) is 6.18. The van der Waals surface area contributed by atoms with E-state index in [1.54, 1.807) is 10.8 Å². The van der Waals surface area contributed by atoms with E-state index in [1.165, 1.54) is 0 Å². The van der Waals surface area contributed by atoms with Gasteiger partial charge in [-0.15, -0.1) is 0 Å². The van der Waals surface area contributed by atoms with Gasteiger partial charge in [-0.05, 0) is 24.5 Å². The van der Waals surface area contributed by atoms with Gasteiger partial charge >= 0.3 is 0 Å². The number of ether oxygens (including phenoxy) is 2. The van der Waals surface area contributed by atoms with Gasteiger partial charge in [-0.1, -0.05) is 12.1 Å². The molecule has 0 aromatic heterocycles. The first-order valence-corrected chi connectivity index (χ1v) is 8.59. The zero-order valence-corrected chi connectivity index (χ0v) is 15.8. The van der Waals surface area contributed by atoms with Crippen molar-refractivity contribution >= 4 is 17.5 Å². The van der Waals surface area contributed by atoms with E-state index >= 15 is 0 Å². The Kier molecular flexibility index (Phi) is 4.46. The molecule has 170 valence electrons. The van der Waals surface area contributed by atoms with E-state index in [2.05, 4.69) is 4.84 Å². The lowest BCUT2D eigenvalue weighted by Gasteiger charge is -2.14. The molecule has 0 saturated heterocycles. The third kappa shape index (κ3) is 4.43. The first-order valence-electron chi connectivity index (χ1n) is 12.6. The molecule has 2 N–H and O–H groups in total. The van der Waals surface area contributed by atoms with E-state index in [4.69, 9.17) is 20.4 Å². The Morgan fingerprint density at radius 2 is 1.78 bits per heavy atom. The summed E-state index contributed by atoms with van der Waals surface area (Å²) in [6.07, 6.45) is 0. The molecule has 0 aliphatic carbocycles. The number of carbonyl (C=O) groups excluding carboxylic acids is 2. The maximum Gasteiger partial charge on any atom is 0.273 e. The monoisotopic (exact) mass is 462 g/mol. The summed E-state index contributed by atoms with van der Waals surface area (Å²) in [4.78, 5) is 28.9. The van der Waals surface area contributed by atoms with Crippen LogP contribution in [-0.2, 0) is 19.2 Å². The summed E-state index contributed by atoms with van der Waals surface area (Å²) in [7, 11) is -3.03. The lowest BCUT2D eigenvalue weighted by molar-refractivity contribution is -0.127. The standard InChI is InChI=1S/C21H18F4N2O5/c1-3-32-11-6-4-5-10(7-11)14-15(22)17(24)19(18(25)16(14)23)26-20(28)12-8-31-9-13(12)21(29)27-30-2/h4-7H,3,8-9H2,1-2H3,(H,26,28)(H,27,29)/i1D3,2D3,3D2. The van der Waals surface area contributed by atoms with Crippen molar-refractivity contribution in [2.75, 3.05) is 32.1 Å². The van der Waals surface area contributed by atoms with Crippen LogP contribution in [0, 0.1) is 23.3 Å². The third-order valence-corrected chi connectivity index (χ3v) is 4.34. The number of rotatable bonds is 7. The molecular weight excluding hydrogens is 436 g/mol. The van der Waals surface area contributed by atoms with Gasteiger partial charge in [-0.25, -0.2) is 23.0 Å². The quantitative estimate of drug-likeness (QED) is 0.375. The van der Waals surface area contributed by atoms with Crippen molar-refractivity contribution in [3.8, 4) is 16.9 Å². The van der Waals surface area contributed by atoms with Gasteiger partial charge in [0.15, 0.2) is 23.3 Å². The number of hydroxylamine groups is 1. The number of hydrogen-bond donors (Lipinski definition) is 2. The molecule has 0 spiro atoms. The number of benzene rings is 2. The zero-order valence-electron chi connectivity index (χ0n) is 23.8. The SMILES string of the molecule is [2H]C([2H])([2H])ONC(=O)C1=C(C(=O)Nc2c(F)c(F)c(-c3cccc(OC([2H])([2H])C([2H])([2H])[2H])c3)c(F)c2F)COC1. The predicted molar refractivity (Wildman–Crippen MR) is 105 cm³/mol. The molecule has 0 radical (unpaired) electrons. The van der Waals surface area contributed by atoms with E-state index in [1.807, 2.05) is 0 Å². The van der Waals surface area contributed by atoms with Crippen molar-refractivity contribution in [1.29, 1.82) is 0 Å². The van der Waals surface area contributed by atoms with Crippen LogP contribution in [0.3, 0.4) is 0 Å². The normalized spacial score (nSPS) is 18.2. The number of hydrogen-bond acceptors (Lipinski definition) is 5. The molecular formula is C21H18F4N2O5. The van der Waals surface area contributed by atoms with Crippen LogP contribution in [-0.4, -0.2) is 38.6 Å². The molecule has 2 aromatic carbocycles. The molecule has 1 heterocycles. The van der Waals surface area contributed by atoms with Crippen molar-refractivity contribution in [2.24, 2.45) is 0 Å². The lowest BCUT2D eigenvalue weighted by atomic mass is 10.0. The van der Waals surface area contributed by atoms with Crippen LogP contribution in [0.2, 0.25) is 0 Å². The van der Waals surface area contributed by atoms with Crippen molar-refractivity contribution in [1.82, 2.24) is 5.48 Å². The summed E-state index contributed by atoms with van der Waals surface area (Å²) < 4.78 is 127.